The maximum absolute atomic E-state index is 6.26. The number of hydrogen-bond donors (Lipinski definition) is 3. The van der Waals surface area contributed by atoms with E-state index >= 15 is 0 Å². The zero-order chi connectivity index (χ0) is 31.8. The fourth-order valence-electron chi connectivity index (χ4n) is 5.84. The zero-order valence-electron chi connectivity index (χ0n) is 26.3. The van der Waals surface area contributed by atoms with Crippen molar-refractivity contribution in [3.63, 3.8) is 0 Å². The Morgan fingerprint density at radius 3 is 2.53 bits per heavy atom. The first-order valence-corrected chi connectivity index (χ1v) is 16.0. The molecule has 0 radical (unpaired) electrons. The molecule has 4 heterocycles. The van der Waals surface area contributed by atoms with E-state index in [4.69, 9.17) is 9.72 Å². The van der Waals surface area contributed by atoms with Crippen LogP contribution in [0.1, 0.15) is 13.3 Å². The summed E-state index contributed by atoms with van der Waals surface area (Å²) in [6.07, 6.45) is 4.50. The average molecular weight is 624 g/mol. The Labute approximate surface area is 274 Å². The van der Waals surface area contributed by atoms with Gasteiger partial charge in [0.1, 0.15) is 11.4 Å². The van der Waals surface area contributed by atoms with Crippen molar-refractivity contribution in [1.82, 2.24) is 35.4 Å². The zero-order valence-corrected chi connectivity index (χ0v) is 26.3. The van der Waals surface area contributed by atoms with Gasteiger partial charge in [0, 0.05) is 66.6 Å². The highest BCUT2D eigenvalue weighted by Gasteiger charge is 2.16. The van der Waals surface area contributed by atoms with Crippen LogP contribution in [-0.4, -0.2) is 68.8 Å². The number of piperazine rings is 1. The highest BCUT2D eigenvalue weighted by molar-refractivity contribution is 6.00. The van der Waals surface area contributed by atoms with Crippen LogP contribution in [0.3, 0.4) is 0 Å². The SMILES string of the molecule is C[C@H]1CN(CCCNc2nccc(-c3cccnc3Oc3ccc(Nc4nnc(-c5ccccc5)c5ccccc45)cc3)n2)CCN1. The van der Waals surface area contributed by atoms with Gasteiger partial charge in [-0.3, -0.25) is 0 Å². The molecule has 0 unspecified atom stereocenters. The molecule has 3 aromatic carbocycles. The Morgan fingerprint density at radius 2 is 1.68 bits per heavy atom. The largest absolute Gasteiger partial charge is 0.438 e. The van der Waals surface area contributed by atoms with Gasteiger partial charge in [-0.1, -0.05) is 54.6 Å². The summed E-state index contributed by atoms with van der Waals surface area (Å²) in [5, 5.41) is 21.4. The highest BCUT2D eigenvalue weighted by Crippen LogP contribution is 2.33. The molecule has 1 saturated heterocycles. The minimum Gasteiger partial charge on any atom is -0.438 e. The molecule has 7 rings (SSSR count). The van der Waals surface area contributed by atoms with E-state index in [1.165, 1.54) is 0 Å². The number of nitrogens with zero attached hydrogens (tertiary/aromatic N) is 6. The summed E-state index contributed by atoms with van der Waals surface area (Å²) < 4.78 is 6.26. The molecule has 0 bridgehead atoms. The van der Waals surface area contributed by atoms with E-state index < -0.39 is 0 Å². The van der Waals surface area contributed by atoms with Crippen molar-refractivity contribution in [3.05, 3.63) is 109 Å². The predicted molar refractivity (Wildman–Crippen MR) is 187 cm³/mol. The van der Waals surface area contributed by atoms with Crippen molar-refractivity contribution in [2.75, 3.05) is 43.4 Å². The lowest BCUT2D eigenvalue weighted by Crippen LogP contribution is -2.49. The topological polar surface area (TPSA) is 113 Å². The number of rotatable bonds is 11. The minimum atomic E-state index is 0.471. The van der Waals surface area contributed by atoms with Crippen molar-refractivity contribution in [2.45, 2.75) is 19.4 Å². The van der Waals surface area contributed by atoms with Crippen LogP contribution in [0.2, 0.25) is 0 Å². The Balaban J connectivity index is 1.02. The molecule has 1 fully saturated rings. The second-order valence-electron chi connectivity index (χ2n) is 11.6. The number of ether oxygens (including phenoxy) is 1. The van der Waals surface area contributed by atoms with Gasteiger partial charge in [0.15, 0.2) is 5.82 Å². The van der Waals surface area contributed by atoms with Crippen molar-refractivity contribution < 1.29 is 4.74 Å². The number of anilines is 3. The molecule has 3 aromatic heterocycles. The standard InChI is InChI=1S/C37H37N9O/c1-26-25-46(24-22-38-26)23-8-20-40-37-41-21-18-33(43-37)32-13-7-19-39-36(32)47-29-16-14-28(15-17-29)42-35-31-12-6-5-11-30(31)34(44-45-35)27-9-3-2-4-10-27/h2-7,9-19,21,26,38H,8,20,22-25H2,1H3,(H,42,45)(H,40,41,43)/t26-/m0/s1. The van der Waals surface area contributed by atoms with Gasteiger partial charge in [-0.05, 0) is 62.4 Å². The number of pyridine rings is 1. The molecule has 10 nitrogen and oxygen atoms in total. The van der Waals surface area contributed by atoms with Crippen molar-refractivity contribution in [1.29, 1.82) is 0 Å². The molecule has 1 aliphatic heterocycles. The lowest BCUT2D eigenvalue weighted by atomic mass is 10.0. The number of benzene rings is 3. The average Bonchev–Trinajstić information content (AvgIpc) is 3.12. The normalized spacial score (nSPS) is 15.0. The quantitative estimate of drug-likeness (QED) is 0.134. The molecule has 236 valence electrons. The van der Waals surface area contributed by atoms with Gasteiger partial charge < -0.3 is 25.6 Å². The van der Waals surface area contributed by atoms with Gasteiger partial charge in [0.2, 0.25) is 11.8 Å². The minimum absolute atomic E-state index is 0.471. The number of hydrogen-bond acceptors (Lipinski definition) is 10. The van der Waals surface area contributed by atoms with Crippen LogP contribution in [0, 0.1) is 0 Å². The maximum atomic E-state index is 6.26. The molecule has 47 heavy (non-hydrogen) atoms. The molecule has 1 aliphatic rings. The Morgan fingerprint density at radius 1 is 0.851 bits per heavy atom. The summed E-state index contributed by atoms with van der Waals surface area (Å²) in [6, 6.07) is 32.2. The van der Waals surface area contributed by atoms with Gasteiger partial charge in [-0.25, -0.2) is 15.0 Å². The van der Waals surface area contributed by atoms with Crippen molar-refractivity contribution >= 4 is 28.2 Å². The van der Waals surface area contributed by atoms with E-state index in [1.807, 2.05) is 84.9 Å². The first kappa shape index (κ1) is 30.2. The first-order valence-electron chi connectivity index (χ1n) is 16.0. The number of fused-ring (bicyclic) bond motifs is 1. The van der Waals surface area contributed by atoms with Gasteiger partial charge in [0.25, 0.3) is 0 Å². The third kappa shape index (κ3) is 7.35. The third-order valence-corrected chi connectivity index (χ3v) is 8.16. The van der Waals surface area contributed by atoms with E-state index in [2.05, 4.69) is 60.1 Å². The second kappa shape index (κ2) is 14.3. The van der Waals surface area contributed by atoms with Crippen LogP contribution < -0.4 is 20.7 Å². The van der Waals surface area contributed by atoms with Gasteiger partial charge in [-0.2, -0.15) is 0 Å². The predicted octanol–water partition coefficient (Wildman–Crippen LogP) is 6.78. The molecule has 0 saturated carbocycles. The van der Waals surface area contributed by atoms with E-state index in [1.54, 1.807) is 12.4 Å². The molecule has 10 heteroatoms. The summed E-state index contributed by atoms with van der Waals surface area (Å²) >= 11 is 0. The van der Waals surface area contributed by atoms with Crippen molar-refractivity contribution in [2.24, 2.45) is 0 Å². The van der Waals surface area contributed by atoms with Gasteiger partial charge in [-0.15, -0.1) is 10.2 Å². The molecule has 0 spiro atoms. The summed E-state index contributed by atoms with van der Waals surface area (Å²) in [5.74, 6) is 2.40. The highest BCUT2D eigenvalue weighted by atomic mass is 16.5. The summed E-state index contributed by atoms with van der Waals surface area (Å²) in [5.41, 5.74) is 4.28. The Kier molecular flexibility index (Phi) is 9.21. The van der Waals surface area contributed by atoms with Crippen LogP contribution in [0.15, 0.2) is 109 Å². The molecular weight excluding hydrogens is 586 g/mol. The Bertz CT molecular complexity index is 1940. The fourth-order valence-corrected chi connectivity index (χ4v) is 5.84. The summed E-state index contributed by atoms with van der Waals surface area (Å²) in [7, 11) is 0. The smallest absolute Gasteiger partial charge is 0.228 e. The second-order valence-corrected chi connectivity index (χ2v) is 11.6. The van der Waals surface area contributed by atoms with Crippen LogP contribution in [0.4, 0.5) is 17.5 Å². The van der Waals surface area contributed by atoms with Crippen LogP contribution in [0.25, 0.3) is 33.3 Å². The van der Waals surface area contributed by atoms with Gasteiger partial charge >= 0.3 is 0 Å². The van der Waals surface area contributed by atoms with Crippen LogP contribution in [-0.2, 0) is 0 Å². The lowest BCUT2D eigenvalue weighted by Gasteiger charge is -2.31. The first-order chi connectivity index (χ1) is 23.2. The molecular formula is C37H37N9O. The molecule has 3 N–H and O–H groups in total. The lowest BCUT2D eigenvalue weighted by molar-refractivity contribution is 0.207. The Hall–Kier alpha value is -5.45. The number of aromatic nitrogens is 5. The van der Waals surface area contributed by atoms with Gasteiger partial charge in [0.05, 0.1) is 11.3 Å². The van der Waals surface area contributed by atoms with Crippen LogP contribution in [0.5, 0.6) is 11.6 Å². The summed E-state index contributed by atoms with van der Waals surface area (Å²) in [4.78, 5) is 16.2. The van der Waals surface area contributed by atoms with E-state index in [0.717, 1.165) is 78.1 Å². The van der Waals surface area contributed by atoms with Crippen molar-refractivity contribution in [3.8, 4) is 34.1 Å². The summed E-state index contributed by atoms with van der Waals surface area (Å²) in [6.45, 7) is 7.32. The number of nitrogens with one attached hydrogen (secondary N) is 3. The monoisotopic (exact) mass is 623 g/mol. The van der Waals surface area contributed by atoms with E-state index in [9.17, 15) is 0 Å². The third-order valence-electron chi connectivity index (χ3n) is 8.16. The molecule has 0 amide bonds. The van der Waals surface area contributed by atoms with E-state index in [-0.39, 0.29) is 0 Å². The van der Waals surface area contributed by atoms with E-state index in [0.29, 0.717) is 29.4 Å². The molecule has 6 aromatic rings. The fraction of sp³-hybridized carbons (Fsp3) is 0.216. The van der Waals surface area contributed by atoms with Crippen LogP contribution >= 0.6 is 0 Å². The molecule has 1 atom stereocenters. The molecule has 0 aliphatic carbocycles. The maximum Gasteiger partial charge on any atom is 0.228 e.